The highest BCUT2D eigenvalue weighted by atomic mass is 127. The Morgan fingerprint density at radius 1 is 1.35 bits per heavy atom. The lowest BCUT2D eigenvalue weighted by Crippen LogP contribution is -2.46. The number of aryl methyl sites for hydroxylation is 2. The SMILES string of the molecule is CCc1nn(C)c(CC)c1CNC(=NC)N1CCCC(C)C1.I. The van der Waals surface area contributed by atoms with Gasteiger partial charge in [-0.3, -0.25) is 9.67 Å². The van der Waals surface area contributed by atoms with E-state index in [-0.39, 0.29) is 24.0 Å². The van der Waals surface area contributed by atoms with Crippen LogP contribution in [0.25, 0.3) is 0 Å². The molecule has 0 spiro atoms. The fourth-order valence-electron chi connectivity index (χ4n) is 3.48. The van der Waals surface area contributed by atoms with Crippen LogP contribution in [0.3, 0.4) is 0 Å². The summed E-state index contributed by atoms with van der Waals surface area (Å²) in [7, 11) is 3.93. The van der Waals surface area contributed by atoms with Crippen LogP contribution in [0.2, 0.25) is 0 Å². The predicted octanol–water partition coefficient (Wildman–Crippen LogP) is 2.97. The lowest BCUT2D eigenvalue weighted by atomic mass is 10.0. The van der Waals surface area contributed by atoms with Crippen molar-refractivity contribution in [3.05, 3.63) is 17.0 Å². The Kier molecular flexibility index (Phi) is 8.36. The summed E-state index contributed by atoms with van der Waals surface area (Å²) in [5, 5.41) is 8.21. The second-order valence-corrected chi connectivity index (χ2v) is 6.30. The van der Waals surface area contributed by atoms with Crippen LogP contribution < -0.4 is 5.32 Å². The Morgan fingerprint density at radius 3 is 2.65 bits per heavy atom. The maximum atomic E-state index is 4.65. The number of rotatable bonds is 4. The number of nitrogens with one attached hydrogen (secondary N) is 1. The molecule has 1 fully saturated rings. The molecule has 0 radical (unpaired) electrons. The third-order valence-corrected chi connectivity index (χ3v) is 4.62. The van der Waals surface area contributed by atoms with Gasteiger partial charge in [0, 0.05) is 45.0 Å². The molecular weight excluding hydrogens is 401 g/mol. The number of aliphatic imine (C=N–C) groups is 1. The van der Waals surface area contributed by atoms with E-state index in [1.807, 2.05) is 18.8 Å². The van der Waals surface area contributed by atoms with Gasteiger partial charge in [0.05, 0.1) is 5.69 Å². The monoisotopic (exact) mass is 433 g/mol. The summed E-state index contributed by atoms with van der Waals surface area (Å²) >= 11 is 0. The summed E-state index contributed by atoms with van der Waals surface area (Å²) in [4.78, 5) is 6.87. The third-order valence-electron chi connectivity index (χ3n) is 4.62. The smallest absolute Gasteiger partial charge is 0.193 e. The zero-order valence-electron chi connectivity index (χ0n) is 15.2. The topological polar surface area (TPSA) is 45.5 Å². The normalized spacial score (nSPS) is 18.7. The van der Waals surface area contributed by atoms with Crippen molar-refractivity contribution in [2.24, 2.45) is 18.0 Å². The molecule has 23 heavy (non-hydrogen) atoms. The number of hydrogen-bond donors (Lipinski definition) is 1. The van der Waals surface area contributed by atoms with Crippen LogP contribution in [0.15, 0.2) is 4.99 Å². The summed E-state index contributed by atoms with van der Waals surface area (Å²) < 4.78 is 2.03. The molecule has 0 saturated carbocycles. The first kappa shape index (κ1) is 20.3. The van der Waals surface area contributed by atoms with E-state index in [0.717, 1.165) is 44.4 Å². The molecule has 0 amide bonds. The second-order valence-electron chi connectivity index (χ2n) is 6.30. The molecule has 1 aromatic rings. The van der Waals surface area contributed by atoms with Gasteiger partial charge in [0.2, 0.25) is 0 Å². The highest BCUT2D eigenvalue weighted by molar-refractivity contribution is 14.0. The van der Waals surface area contributed by atoms with E-state index < -0.39 is 0 Å². The van der Waals surface area contributed by atoms with Crippen molar-refractivity contribution < 1.29 is 0 Å². The molecule has 2 rings (SSSR count). The molecule has 0 aromatic carbocycles. The van der Waals surface area contributed by atoms with Crippen LogP contribution in [0.5, 0.6) is 0 Å². The van der Waals surface area contributed by atoms with Gasteiger partial charge in [-0.25, -0.2) is 0 Å². The van der Waals surface area contributed by atoms with Gasteiger partial charge < -0.3 is 10.2 Å². The highest BCUT2D eigenvalue weighted by Gasteiger charge is 2.20. The van der Waals surface area contributed by atoms with E-state index in [4.69, 9.17) is 0 Å². The number of aromatic nitrogens is 2. The van der Waals surface area contributed by atoms with Crippen LogP contribution in [0.4, 0.5) is 0 Å². The Bertz CT molecular complexity index is 523. The standard InChI is InChI=1S/C17H31N5.HI/c1-6-15-14(16(7-2)21(5)20-15)11-19-17(18-4)22-10-8-9-13(3)12-22;/h13H,6-12H2,1-5H3,(H,18,19);1H. The summed E-state index contributed by atoms with van der Waals surface area (Å²) in [6.07, 6.45) is 4.58. The summed E-state index contributed by atoms with van der Waals surface area (Å²) in [6, 6.07) is 0. The molecule has 1 aliphatic rings. The maximum absolute atomic E-state index is 4.65. The Morgan fingerprint density at radius 2 is 2.09 bits per heavy atom. The lowest BCUT2D eigenvalue weighted by Gasteiger charge is -2.33. The largest absolute Gasteiger partial charge is 0.352 e. The lowest BCUT2D eigenvalue weighted by molar-refractivity contribution is 0.266. The van der Waals surface area contributed by atoms with E-state index >= 15 is 0 Å². The van der Waals surface area contributed by atoms with Crippen LogP contribution in [0, 0.1) is 5.92 Å². The van der Waals surface area contributed by atoms with Gasteiger partial charge in [-0.2, -0.15) is 5.10 Å². The van der Waals surface area contributed by atoms with Crippen molar-refractivity contribution in [3.8, 4) is 0 Å². The van der Waals surface area contributed by atoms with Crippen LogP contribution in [0.1, 0.15) is 50.6 Å². The molecule has 1 saturated heterocycles. The molecule has 132 valence electrons. The molecule has 1 aromatic heterocycles. The van der Waals surface area contributed by atoms with Crippen molar-refractivity contribution in [2.45, 2.75) is 53.0 Å². The molecule has 1 N–H and O–H groups in total. The van der Waals surface area contributed by atoms with E-state index in [9.17, 15) is 0 Å². The van der Waals surface area contributed by atoms with E-state index in [1.54, 1.807) is 0 Å². The molecule has 0 bridgehead atoms. The number of halogens is 1. The Hall–Kier alpha value is -0.790. The average molecular weight is 433 g/mol. The first-order chi connectivity index (χ1) is 10.6. The number of guanidine groups is 1. The highest BCUT2D eigenvalue weighted by Crippen LogP contribution is 2.17. The van der Waals surface area contributed by atoms with Crippen molar-refractivity contribution in [1.29, 1.82) is 0 Å². The van der Waals surface area contributed by atoms with Crippen LogP contribution >= 0.6 is 24.0 Å². The summed E-state index contributed by atoms with van der Waals surface area (Å²) in [5.41, 5.74) is 3.87. The minimum Gasteiger partial charge on any atom is -0.352 e. The zero-order chi connectivity index (χ0) is 16.1. The van der Waals surface area contributed by atoms with Crippen molar-refractivity contribution >= 4 is 29.9 Å². The van der Waals surface area contributed by atoms with Gasteiger partial charge in [-0.15, -0.1) is 24.0 Å². The van der Waals surface area contributed by atoms with Crippen molar-refractivity contribution in [3.63, 3.8) is 0 Å². The van der Waals surface area contributed by atoms with E-state index in [1.165, 1.54) is 29.8 Å². The van der Waals surface area contributed by atoms with Gasteiger partial charge in [0.15, 0.2) is 5.96 Å². The molecule has 2 heterocycles. The first-order valence-corrected chi connectivity index (χ1v) is 8.59. The van der Waals surface area contributed by atoms with Gasteiger partial charge in [-0.1, -0.05) is 20.8 Å². The molecule has 1 aliphatic heterocycles. The van der Waals surface area contributed by atoms with Gasteiger partial charge >= 0.3 is 0 Å². The zero-order valence-corrected chi connectivity index (χ0v) is 17.6. The van der Waals surface area contributed by atoms with Crippen molar-refractivity contribution in [1.82, 2.24) is 20.0 Å². The maximum Gasteiger partial charge on any atom is 0.193 e. The summed E-state index contributed by atoms with van der Waals surface area (Å²) in [6.45, 7) is 9.72. The van der Waals surface area contributed by atoms with Gasteiger partial charge in [0.25, 0.3) is 0 Å². The number of likely N-dealkylation sites (tertiary alicyclic amines) is 1. The molecule has 0 aliphatic carbocycles. The summed E-state index contributed by atoms with van der Waals surface area (Å²) in [5.74, 6) is 1.78. The number of piperidine rings is 1. The molecule has 1 atom stereocenters. The minimum atomic E-state index is 0. The first-order valence-electron chi connectivity index (χ1n) is 8.59. The van der Waals surface area contributed by atoms with Crippen LogP contribution in [-0.2, 0) is 26.4 Å². The van der Waals surface area contributed by atoms with Gasteiger partial charge in [-0.05, 0) is 31.6 Å². The quantitative estimate of drug-likeness (QED) is 0.451. The minimum absolute atomic E-state index is 0. The number of nitrogens with zero attached hydrogens (tertiary/aromatic N) is 4. The molecule has 1 unspecified atom stereocenters. The third kappa shape index (κ3) is 4.84. The van der Waals surface area contributed by atoms with E-state index in [2.05, 4.69) is 41.1 Å². The Balaban J connectivity index is 0.00000264. The molecular formula is C17H32IN5. The molecule has 5 nitrogen and oxygen atoms in total. The van der Waals surface area contributed by atoms with E-state index in [0.29, 0.717) is 0 Å². The average Bonchev–Trinajstić information content (AvgIpc) is 2.83. The predicted molar refractivity (Wildman–Crippen MR) is 108 cm³/mol. The fourth-order valence-corrected chi connectivity index (χ4v) is 3.48. The fraction of sp³-hybridized carbons (Fsp3) is 0.765. The Labute approximate surface area is 157 Å². The second kappa shape index (κ2) is 9.49. The van der Waals surface area contributed by atoms with Crippen LogP contribution in [-0.4, -0.2) is 40.8 Å². The molecule has 6 heteroatoms. The number of hydrogen-bond acceptors (Lipinski definition) is 2. The van der Waals surface area contributed by atoms with Crippen molar-refractivity contribution in [2.75, 3.05) is 20.1 Å². The van der Waals surface area contributed by atoms with Gasteiger partial charge in [0.1, 0.15) is 0 Å².